The van der Waals surface area contributed by atoms with Crippen molar-refractivity contribution in [3.05, 3.63) is 41.9 Å². The van der Waals surface area contributed by atoms with Crippen LogP contribution in [0.1, 0.15) is 11.5 Å². The molecule has 0 aromatic carbocycles. The van der Waals surface area contributed by atoms with Gasteiger partial charge >= 0.3 is 0 Å². The minimum absolute atomic E-state index is 0.00944. The van der Waals surface area contributed by atoms with Crippen LogP contribution in [0.4, 0.5) is 0 Å². The topological polar surface area (TPSA) is 62.6 Å². The molecule has 0 spiro atoms. The van der Waals surface area contributed by atoms with Crippen LogP contribution in [-0.2, 0) is 9.59 Å². The summed E-state index contributed by atoms with van der Waals surface area (Å²) in [4.78, 5) is 25.2. The van der Waals surface area contributed by atoms with Crippen LogP contribution < -0.4 is 5.32 Å². The maximum absolute atomic E-state index is 12.2. The van der Waals surface area contributed by atoms with Gasteiger partial charge in [-0.3, -0.25) is 19.8 Å². The zero-order valence-corrected chi connectivity index (χ0v) is 11.1. The summed E-state index contributed by atoms with van der Waals surface area (Å²) in [5.74, 6) is 0.170. The summed E-state index contributed by atoms with van der Waals surface area (Å²) in [5.41, 5.74) is -0.00944. The molecular weight excluding hydrogens is 264 g/mol. The Morgan fingerprint density at radius 2 is 2.21 bits per heavy atom. The van der Waals surface area contributed by atoms with Crippen molar-refractivity contribution in [3.8, 4) is 0 Å². The molecule has 2 heterocycles. The second-order valence-electron chi connectivity index (χ2n) is 3.97. The predicted molar refractivity (Wildman–Crippen MR) is 74.1 cm³/mol. The van der Waals surface area contributed by atoms with E-state index in [1.54, 1.807) is 19.1 Å². The smallest absolute Gasteiger partial charge is 0.266 e. The van der Waals surface area contributed by atoms with E-state index >= 15 is 0 Å². The number of aryl methyl sites for hydroxylation is 1. The van der Waals surface area contributed by atoms with Crippen LogP contribution >= 0.6 is 12.2 Å². The normalized spacial score (nSPS) is 17.8. The van der Waals surface area contributed by atoms with E-state index in [-0.39, 0.29) is 17.2 Å². The summed E-state index contributed by atoms with van der Waals surface area (Å²) >= 11 is 4.94. The lowest BCUT2D eigenvalue weighted by Crippen LogP contribution is -2.53. The Hall–Kier alpha value is -2.21. The molecule has 0 radical (unpaired) electrons. The highest BCUT2D eigenvalue weighted by Gasteiger charge is 2.32. The molecule has 0 bridgehead atoms. The Morgan fingerprint density at radius 1 is 1.47 bits per heavy atom. The fourth-order valence-corrected chi connectivity index (χ4v) is 1.91. The molecule has 1 aromatic rings. The van der Waals surface area contributed by atoms with Gasteiger partial charge in [-0.15, -0.1) is 6.58 Å². The number of nitrogens with one attached hydrogen (secondary N) is 1. The molecule has 19 heavy (non-hydrogen) atoms. The highest BCUT2D eigenvalue weighted by Crippen LogP contribution is 2.16. The van der Waals surface area contributed by atoms with Crippen LogP contribution in [0.2, 0.25) is 0 Å². The van der Waals surface area contributed by atoms with Crippen molar-refractivity contribution in [1.82, 2.24) is 10.2 Å². The van der Waals surface area contributed by atoms with Crippen molar-refractivity contribution in [1.29, 1.82) is 0 Å². The van der Waals surface area contributed by atoms with E-state index in [2.05, 4.69) is 11.9 Å². The third-order valence-electron chi connectivity index (χ3n) is 2.55. The molecule has 98 valence electrons. The first-order valence-electron chi connectivity index (χ1n) is 5.59. The largest absolute Gasteiger partial charge is 0.462 e. The van der Waals surface area contributed by atoms with Gasteiger partial charge < -0.3 is 4.42 Å². The molecule has 1 aliphatic heterocycles. The average molecular weight is 276 g/mol. The van der Waals surface area contributed by atoms with Crippen LogP contribution in [0.15, 0.2) is 34.8 Å². The van der Waals surface area contributed by atoms with Gasteiger partial charge in [0.25, 0.3) is 11.8 Å². The van der Waals surface area contributed by atoms with E-state index in [4.69, 9.17) is 16.6 Å². The standard InChI is InChI=1S/C13H12N2O3S/c1-3-6-15-12(17)10(11(16)14-13(15)19)7-9-5-4-8(2)18-9/h3-5,7H,1,6H2,2H3,(H,14,16,19)/b10-7+. The molecule has 6 heteroatoms. The van der Waals surface area contributed by atoms with Gasteiger partial charge in [0.15, 0.2) is 5.11 Å². The molecule has 1 saturated heterocycles. The quantitative estimate of drug-likeness (QED) is 0.392. The number of hydrogen-bond donors (Lipinski definition) is 1. The monoisotopic (exact) mass is 276 g/mol. The molecule has 1 fully saturated rings. The van der Waals surface area contributed by atoms with Crippen LogP contribution in [0.3, 0.4) is 0 Å². The van der Waals surface area contributed by atoms with Gasteiger partial charge in [-0.1, -0.05) is 6.08 Å². The Bertz CT molecular complexity index is 601. The number of rotatable bonds is 3. The van der Waals surface area contributed by atoms with Crippen LogP contribution in [-0.4, -0.2) is 28.4 Å². The summed E-state index contributed by atoms with van der Waals surface area (Å²) in [6.07, 6.45) is 2.94. The van der Waals surface area contributed by atoms with Gasteiger partial charge in [0.05, 0.1) is 0 Å². The summed E-state index contributed by atoms with van der Waals surface area (Å²) in [5, 5.41) is 2.55. The van der Waals surface area contributed by atoms with Crippen LogP contribution in [0, 0.1) is 6.92 Å². The molecule has 1 aliphatic rings. The lowest BCUT2D eigenvalue weighted by atomic mass is 10.1. The van der Waals surface area contributed by atoms with Gasteiger partial charge in [0.2, 0.25) is 0 Å². The summed E-state index contributed by atoms with van der Waals surface area (Å²) < 4.78 is 5.32. The van der Waals surface area contributed by atoms with Crippen molar-refractivity contribution >= 4 is 35.2 Å². The minimum atomic E-state index is -0.524. The highest BCUT2D eigenvalue weighted by molar-refractivity contribution is 7.80. The van der Waals surface area contributed by atoms with E-state index in [0.29, 0.717) is 11.5 Å². The Morgan fingerprint density at radius 3 is 2.79 bits per heavy atom. The van der Waals surface area contributed by atoms with E-state index < -0.39 is 11.8 Å². The van der Waals surface area contributed by atoms with Crippen LogP contribution in [0.25, 0.3) is 6.08 Å². The zero-order chi connectivity index (χ0) is 14.0. The Balaban J connectivity index is 2.35. The molecule has 2 rings (SSSR count). The van der Waals surface area contributed by atoms with Gasteiger partial charge in [-0.25, -0.2) is 0 Å². The first-order valence-corrected chi connectivity index (χ1v) is 6.00. The lowest BCUT2D eigenvalue weighted by molar-refractivity contribution is -0.128. The fraction of sp³-hybridized carbons (Fsp3) is 0.154. The molecule has 0 aliphatic carbocycles. The molecule has 0 saturated carbocycles. The minimum Gasteiger partial charge on any atom is -0.462 e. The predicted octanol–water partition coefficient (Wildman–Crippen LogP) is 1.40. The molecule has 5 nitrogen and oxygen atoms in total. The second-order valence-corrected chi connectivity index (χ2v) is 4.36. The van der Waals surface area contributed by atoms with Crippen molar-refractivity contribution in [2.45, 2.75) is 6.92 Å². The van der Waals surface area contributed by atoms with Gasteiger partial charge in [-0.2, -0.15) is 0 Å². The molecule has 1 aromatic heterocycles. The Kier molecular flexibility index (Phi) is 3.62. The molecule has 0 atom stereocenters. The SMILES string of the molecule is C=CCN1C(=O)/C(=C/c2ccc(C)o2)C(=O)NC1=S. The van der Waals surface area contributed by atoms with Crippen molar-refractivity contribution < 1.29 is 14.0 Å². The molecule has 0 unspecified atom stereocenters. The zero-order valence-electron chi connectivity index (χ0n) is 10.3. The molecule has 2 amide bonds. The maximum Gasteiger partial charge on any atom is 0.266 e. The van der Waals surface area contributed by atoms with E-state index in [1.807, 2.05) is 0 Å². The number of carbonyl (C=O) groups is 2. The summed E-state index contributed by atoms with van der Waals surface area (Å²) in [7, 11) is 0. The van der Waals surface area contributed by atoms with E-state index in [1.165, 1.54) is 17.1 Å². The van der Waals surface area contributed by atoms with E-state index in [9.17, 15) is 9.59 Å². The summed E-state index contributed by atoms with van der Waals surface area (Å²) in [6.45, 7) is 5.58. The van der Waals surface area contributed by atoms with Crippen LogP contribution in [0.5, 0.6) is 0 Å². The van der Waals surface area contributed by atoms with E-state index in [0.717, 1.165) is 0 Å². The third-order valence-corrected chi connectivity index (χ3v) is 2.87. The number of nitrogens with zero attached hydrogens (tertiary/aromatic N) is 1. The fourth-order valence-electron chi connectivity index (χ4n) is 1.66. The number of amides is 2. The average Bonchev–Trinajstić information content (AvgIpc) is 2.76. The van der Waals surface area contributed by atoms with Crippen molar-refractivity contribution in [2.75, 3.05) is 6.54 Å². The Labute approximate surface area is 115 Å². The number of hydrogen-bond acceptors (Lipinski definition) is 4. The van der Waals surface area contributed by atoms with Gasteiger partial charge in [0.1, 0.15) is 17.1 Å². The van der Waals surface area contributed by atoms with Gasteiger partial charge in [0, 0.05) is 6.54 Å². The second kappa shape index (κ2) is 5.19. The van der Waals surface area contributed by atoms with Gasteiger partial charge in [-0.05, 0) is 37.4 Å². The first-order chi connectivity index (χ1) is 9.02. The highest BCUT2D eigenvalue weighted by atomic mass is 32.1. The first kappa shape index (κ1) is 13.2. The number of furan rings is 1. The lowest BCUT2D eigenvalue weighted by Gasteiger charge is -2.27. The van der Waals surface area contributed by atoms with Crippen molar-refractivity contribution in [2.24, 2.45) is 0 Å². The number of thiocarbonyl (C=S) groups is 1. The number of carbonyl (C=O) groups excluding carboxylic acids is 2. The van der Waals surface area contributed by atoms with Crippen molar-refractivity contribution in [3.63, 3.8) is 0 Å². The molecular formula is C13H12N2O3S. The molecule has 1 N–H and O–H groups in total. The maximum atomic E-state index is 12.2. The summed E-state index contributed by atoms with van der Waals surface area (Å²) in [6, 6.07) is 3.44. The third kappa shape index (κ3) is 2.63.